The van der Waals surface area contributed by atoms with Gasteiger partial charge in [-0.3, -0.25) is 9.59 Å². The van der Waals surface area contributed by atoms with Crippen LogP contribution in [0, 0.1) is 5.92 Å². The van der Waals surface area contributed by atoms with Crippen LogP contribution in [0.4, 0.5) is 5.69 Å². The molecule has 7 heteroatoms. The maximum Gasteiger partial charge on any atom is 0.262 e. The molecule has 0 bridgehead atoms. The van der Waals surface area contributed by atoms with E-state index in [9.17, 15) is 9.59 Å². The molecule has 2 N–H and O–H groups in total. The van der Waals surface area contributed by atoms with Crippen LogP contribution in [0.3, 0.4) is 0 Å². The fraction of sp³-hybridized carbons (Fsp3) is 0.208. The number of carbonyl (C=O) groups is 2. The highest BCUT2D eigenvalue weighted by atomic mass is 32.1. The molecule has 1 atom stereocenters. The second-order valence-corrected chi connectivity index (χ2v) is 8.67. The zero-order chi connectivity index (χ0) is 22.0. The smallest absolute Gasteiger partial charge is 0.262 e. The van der Waals surface area contributed by atoms with Crippen LogP contribution in [0.1, 0.15) is 23.5 Å². The zero-order valence-electron chi connectivity index (χ0n) is 17.6. The lowest BCUT2D eigenvalue weighted by atomic mass is 10.0. The van der Waals surface area contributed by atoms with Gasteiger partial charge in [-0.1, -0.05) is 32.0 Å². The van der Waals surface area contributed by atoms with Crippen molar-refractivity contribution >= 4 is 39.9 Å². The van der Waals surface area contributed by atoms with Crippen LogP contribution in [0.5, 0.6) is 0 Å². The molecule has 0 saturated heterocycles. The molecule has 2 aromatic heterocycles. The van der Waals surface area contributed by atoms with E-state index in [4.69, 9.17) is 4.98 Å². The number of hydrogen-bond acceptors (Lipinski definition) is 4. The number of aromatic nitrogens is 2. The standard InChI is InChI=1S/C24H24N4O2S/c1-15(2)21(27-23(29)20-9-6-14-31-20)24(30)25-17-12-10-16(11-13-17)22-26-18-7-4-5-8-19(18)28(22)3/h4-15,21H,1-3H3,(H,25,30)(H,27,29). The Balaban J connectivity index is 1.48. The third kappa shape index (κ3) is 4.36. The third-order valence-electron chi connectivity index (χ3n) is 5.18. The van der Waals surface area contributed by atoms with Crippen molar-refractivity contribution in [2.45, 2.75) is 19.9 Å². The topological polar surface area (TPSA) is 76.0 Å². The molecule has 1 unspecified atom stereocenters. The lowest BCUT2D eigenvalue weighted by Gasteiger charge is -2.21. The highest BCUT2D eigenvalue weighted by molar-refractivity contribution is 7.12. The molecule has 0 aliphatic heterocycles. The fourth-order valence-corrected chi connectivity index (χ4v) is 4.11. The summed E-state index contributed by atoms with van der Waals surface area (Å²) in [5.74, 6) is 0.335. The Labute approximate surface area is 184 Å². The number of rotatable bonds is 6. The fourth-order valence-electron chi connectivity index (χ4n) is 3.48. The van der Waals surface area contributed by atoms with Gasteiger partial charge in [0, 0.05) is 18.3 Å². The molecule has 158 valence electrons. The van der Waals surface area contributed by atoms with Gasteiger partial charge >= 0.3 is 0 Å². The molecular formula is C24H24N4O2S. The predicted molar refractivity (Wildman–Crippen MR) is 125 cm³/mol. The molecule has 0 radical (unpaired) electrons. The summed E-state index contributed by atoms with van der Waals surface area (Å²) >= 11 is 1.35. The summed E-state index contributed by atoms with van der Waals surface area (Å²) in [7, 11) is 1.99. The van der Waals surface area contributed by atoms with Gasteiger partial charge in [0.05, 0.1) is 15.9 Å². The van der Waals surface area contributed by atoms with Gasteiger partial charge in [0.2, 0.25) is 5.91 Å². The number of imidazole rings is 1. The Hall–Kier alpha value is -3.45. The number of nitrogens with one attached hydrogen (secondary N) is 2. The summed E-state index contributed by atoms with van der Waals surface area (Å²) in [4.78, 5) is 30.5. The zero-order valence-corrected chi connectivity index (χ0v) is 18.4. The van der Waals surface area contributed by atoms with Crippen LogP contribution in [-0.4, -0.2) is 27.4 Å². The maximum absolute atomic E-state index is 12.8. The molecule has 0 spiro atoms. The van der Waals surface area contributed by atoms with E-state index in [1.54, 1.807) is 6.07 Å². The molecule has 0 aliphatic carbocycles. The molecule has 0 fully saturated rings. The number of thiophene rings is 1. The molecule has 4 aromatic rings. The summed E-state index contributed by atoms with van der Waals surface area (Å²) in [5.41, 5.74) is 3.64. The molecule has 6 nitrogen and oxygen atoms in total. The first kappa shape index (κ1) is 20.8. The lowest BCUT2D eigenvalue weighted by Crippen LogP contribution is -2.46. The number of hydrogen-bond donors (Lipinski definition) is 2. The van der Waals surface area contributed by atoms with E-state index in [-0.39, 0.29) is 17.7 Å². The van der Waals surface area contributed by atoms with Gasteiger partial charge in [-0.2, -0.15) is 0 Å². The molecule has 2 aromatic carbocycles. The Morgan fingerprint density at radius 2 is 1.74 bits per heavy atom. The summed E-state index contributed by atoms with van der Waals surface area (Å²) in [6.07, 6.45) is 0. The SMILES string of the molecule is CC(C)C(NC(=O)c1cccs1)C(=O)Nc1ccc(-c2nc3ccccc3n2C)cc1. The van der Waals surface area contributed by atoms with Crippen molar-refractivity contribution in [1.29, 1.82) is 0 Å². The number of fused-ring (bicyclic) bond motifs is 1. The Morgan fingerprint density at radius 3 is 2.39 bits per heavy atom. The predicted octanol–water partition coefficient (Wildman–Crippen LogP) is 4.69. The van der Waals surface area contributed by atoms with Gasteiger partial charge in [0.1, 0.15) is 11.9 Å². The van der Waals surface area contributed by atoms with Crippen LogP contribution < -0.4 is 10.6 Å². The summed E-state index contributed by atoms with van der Waals surface area (Å²) in [5, 5.41) is 7.60. The van der Waals surface area contributed by atoms with Crippen LogP contribution in [0.15, 0.2) is 66.0 Å². The van der Waals surface area contributed by atoms with E-state index in [1.165, 1.54) is 11.3 Å². The van der Waals surface area contributed by atoms with E-state index in [0.717, 1.165) is 22.4 Å². The normalized spacial score (nSPS) is 12.1. The van der Waals surface area contributed by atoms with Crippen LogP contribution in [-0.2, 0) is 11.8 Å². The van der Waals surface area contributed by atoms with Gasteiger partial charge < -0.3 is 15.2 Å². The highest BCUT2D eigenvalue weighted by Gasteiger charge is 2.25. The van der Waals surface area contributed by atoms with Crippen molar-refractivity contribution in [2.24, 2.45) is 13.0 Å². The summed E-state index contributed by atoms with van der Waals surface area (Å²) in [6, 6.07) is 18.5. The van der Waals surface area contributed by atoms with Gasteiger partial charge in [0.15, 0.2) is 0 Å². The van der Waals surface area contributed by atoms with Crippen LogP contribution in [0.25, 0.3) is 22.4 Å². The maximum atomic E-state index is 12.8. The second-order valence-electron chi connectivity index (χ2n) is 7.72. The first-order chi connectivity index (χ1) is 14.9. The van der Waals surface area contributed by atoms with Crippen molar-refractivity contribution in [3.05, 3.63) is 70.9 Å². The van der Waals surface area contributed by atoms with Crippen LogP contribution in [0.2, 0.25) is 0 Å². The minimum Gasteiger partial charge on any atom is -0.339 e. The number of carbonyl (C=O) groups excluding carboxylic acids is 2. The van der Waals surface area contributed by atoms with Crippen molar-refractivity contribution in [3.63, 3.8) is 0 Å². The minimum atomic E-state index is -0.630. The molecule has 31 heavy (non-hydrogen) atoms. The average molecular weight is 433 g/mol. The quantitative estimate of drug-likeness (QED) is 0.464. The van der Waals surface area contributed by atoms with Gasteiger partial charge in [-0.05, 0) is 53.8 Å². The van der Waals surface area contributed by atoms with Crippen LogP contribution >= 0.6 is 11.3 Å². The number of amides is 2. The summed E-state index contributed by atoms with van der Waals surface area (Å²) < 4.78 is 2.05. The Morgan fingerprint density at radius 1 is 1.00 bits per heavy atom. The van der Waals surface area contributed by atoms with E-state index in [1.807, 2.05) is 80.9 Å². The average Bonchev–Trinajstić information content (AvgIpc) is 3.41. The number of nitrogens with zero attached hydrogens (tertiary/aromatic N) is 2. The van der Waals surface area contributed by atoms with Gasteiger partial charge in [-0.25, -0.2) is 4.98 Å². The lowest BCUT2D eigenvalue weighted by molar-refractivity contribution is -0.118. The van der Waals surface area contributed by atoms with Crippen molar-refractivity contribution in [2.75, 3.05) is 5.32 Å². The first-order valence-electron chi connectivity index (χ1n) is 10.1. The molecular weight excluding hydrogens is 408 g/mol. The molecule has 2 amide bonds. The second kappa shape index (κ2) is 8.73. The summed E-state index contributed by atoms with van der Waals surface area (Å²) in [6.45, 7) is 3.82. The van der Waals surface area contributed by atoms with Gasteiger partial charge in [0.25, 0.3) is 5.91 Å². The number of para-hydroxylation sites is 2. The largest absolute Gasteiger partial charge is 0.339 e. The van der Waals surface area contributed by atoms with Crippen molar-refractivity contribution < 1.29 is 9.59 Å². The molecule has 0 aliphatic rings. The van der Waals surface area contributed by atoms with Crippen molar-refractivity contribution in [1.82, 2.24) is 14.9 Å². The van der Waals surface area contributed by atoms with E-state index in [2.05, 4.69) is 15.2 Å². The Kier molecular flexibility index (Phi) is 5.86. The van der Waals surface area contributed by atoms with E-state index < -0.39 is 6.04 Å². The van der Waals surface area contributed by atoms with E-state index >= 15 is 0 Å². The number of aryl methyl sites for hydroxylation is 1. The molecule has 0 saturated carbocycles. The number of anilines is 1. The van der Waals surface area contributed by atoms with Gasteiger partial charge in [-0.15, -0.1) is 11.3 Å². The monoisotopic (exact) mass is 432 g/mol. The number of benzene rings is 2. The minimum absolute atomic E-state index is 0.0526. The third-order valence-corrected chi connectivity index (χ3v) is 6.05. The molecule has 2 heterocycles. The van der Waals surface area contributed by atoms with Crippen molar-refractivity contribution in [3.8, 4) is 11.4 Å². The highest BCUT2D eigenvalue weighted by Crippen LogP contribution is 2.25. The first-order valence-corrected chi connectivity index (χ1v) is 11.0. The molecule has 4 rings (SSSR count). The Bertz CT molecular complexity index is 1210. The van der Waals surface area contributed by atoms with E-state index in [0.29, 0.717) is 10.6 Å².